The van der Waals surface area contributed by atoms with Gasteiger partial charge >= 0.3 is 0 Å². The number of hydrogen-bond donors (Lipinski definition) is 1. The molecule has 9 heteroatoms. The van der Waals surface area contributed by atoms with Crippen LogP contribution in [0, 0.1) is 0 Å². The number of carbonyl (C=O) groups excluding carboxylic acids is 1. The van der Waals surface area contributed by atoms with Crippen LogP contribution in [0.15, 0.2) is 4.90 Å². The molecular formula is C12H20ClN3O4S. The Morgan fingerprint density at radius 3 is 2.52 bits per heavy atom. The predicted octanol–water partition coefficient (Wildman–Crippen LogP) is 0.698. The van der Waals surface area contributed by atoms with Crippen LogP contribution in [0.1, 0.15) is 25.2 Å². The second kappa shape index (κ2) is 7.77. The van der Waals surface area contributed by atoms with E-state index >= 15 is 0 Å². The molecule has 0 saturated carbocycles. The molecule has 1 N–H and O–H groups in total. The maximum atomic E-state index is 11.8. The second-order valence-electron chi connectivity index (χ2n) is 4.37. The van der Waals surface area contributed by atoms with Crippen LogP contribution in [0.25, 0.3) is 0 Å². The highest BCUT2D eigenvalue weighted by Gasteiger charge is 2.25. The molecule has 1 aromatic rings. The number of methoxy groups -OCH3 is 1. The van der Waals surface area contributed by atoms with E-state index < -0.39 is 9.05 Å². The first-order valence-corrected chi connectivity index (χ1v) is 8.94. The predicted molar refractivity (Wildman–Crippen MR) is 78.9 cm³/mol. The fourth-order valence-corrected chi connectivity index (χ4v) is 3.54. The third-order valence-corrected chi connectivity index (χ3v) is 4.33. The summed E-state index contributed by atoms with van der Waals surface area (Å²) in [4.78, 5) is 11.8. The summed E-state index contributed by atoms with van der Waals surface area (Å²) in [5, 5.41) is 6.86. The molecule has 21 heavy (non-hydrogen) atoms. The van der Waals surface area contributed by atoms with Crippen LogP contribution in [-0.4, -0.2) is 44.4 Å². The Bertz CT molecular complexity index is 598. The number of aromatic nitrogens is 2. The summed E-state index contributed by atoms with van der Waals surface area (Å²) in [6.07, 6.45) is 0.839. The van der Waals surface area contributed by atoms with Crippen molar-refractivity contribution in [1.29, 1.82) is 0 Å². The summed E-state index contributed by atoms with van der Waals surface area (Å²) in [5.41, 5.74) is 0.829. The van der Waals surface area contributed by atoms with Gasteiger partial charge in [-0.15, -0.1) is 0 Å². The molecular weight excluding hydrogens is 318 g/mol. The third-order valence-electron chi connectivity index (χ3n) is 2.91. The molecule has 7 nitrogen and oxygen atoms in total. The smallest absolute Gasteiger partial charge is 0.264 e. The molecule has 0 saturated heterocycles. The van der Waals surface area contributed by atoms with Gasteiger partial charge in [0.15, 0.2) is 0 Å². The summed E-state index contributed by atoms with van der Waals surface area (Å²) in [6, 6.07) is 0. The van der Waals surface area contributed by atoms with E-state index in [1.54, 1.807) is 21.0 Å². The molecule has 0 aliphatic rings. The first-order chi connectivity index (χ1) is 9.85. The quantitative estimate of drug-likeness (QED) is 0.557. The molecule has 0 aromatic carbocycles. The Morgan fingerprint density at radius 1 is 1.38 bits per heavy atom. The Kier molecular flexibility index (Phi) is 6.63. The van der Waals surface area contributed by atoms with E-state index in [4.69, 9.17) is 15.4 Å². The number of ether oxygens (including phenoxy) is 1. The Labute approximate surface area is 129 Å². The van der Waals surface area contributed by atoms with Gasteiger partial charge in [-0.1, -0.05) is 13.8 Å². The average Bonchev–Trinajstić information content (AvgIpc) is 2.76. The van der Waals surface area contributed by atoms with Gasteiger partial charge in [0.1, 0.15) is 11.4 Å². The number of nitrogens with zero attached hydrogens (tertiary/aromatic N) is 2. The molecule has 120 valence electrons. The van der Waals surface area contributed by atoms with Crippen LogP contribution in [0.3, 0.4) is 0 Å². The Morgan fingerprint density at radius 2 is 2.05 bits per heavy atom. The largest absolute Gasteiger partial charge is 0.383 e. The van der Waals surface area contributed by atoms with Crippen LogP contribution >= 0.6 is 10.7 Å². The van der Waals surface area contributed by atoms with Crippen molar-refractivity contribution in [3.05, 3.63) is 11.4 Å². The molecule has 0 unspecified atom stereocenters. The van der Waals surface area contributed by atoms with Gasteiger partial charge in [0.25, 0.3) is 9.05 Å². The van der Waals surface area contributed by atoms with Crippen molar-refractivity contribution >= 4 is 25.6 Å². The number of amides is 1. The molecule has 0 aliphatic carbocycles. The lowest BCUT2D eigenvalue weighted by Crippen LogP contribution is -2.31. The summed E-state index contributed by atoms with van der Waals surface area (Å²) >= 11 is 0. The molecule has 0 fully saturated rings. The lowest BCUT2D eigenvalue weighted by molar-refractivity contribution is -0.122. The Balaban J connectivity index is 3.03. The normalized spacial score (nSPS) is 11.6. The standard InChI is InChI=1S/C12H20ClN3O4S/c1-4-9-12(21(13,18)19)10(5-2)16(15-9)8-11(17)14-6-7-20-3/h4-8H2,1-3H3,(H,14,17). The van der Waals surface area contributed by atoms with Crippen molar-refractivity contribution in [2.45, 2.75) is 38.1 Å². The molecule has 0 bridgehead atoms. The van der Waals surface area contributed by atoms with Crippen LogP contribution in [-0.2, 0) is 38.0 Å². The molecule has 1 amide bonds. The fraction of sp³-hybridized carbons (Fsp3) is 0.667. The van der Waals surface area contributed by atoms with E-state index in [-0.39, 0.29) is 17.3 Å². The van der Waals surface area contributed by atoms with Crippen molar-refractivity contribution in [1.82, 2.24) is 15.1 Å². The molecule has 1 rings (SSSR count). The van der Waals surface area contributed by atoms with Gasteiger partial charge in [-0.3, -0.25) is 9.48 Å². The van der Waals surface area contributed by atoms with Gasteiger partial charge in [-0.25, -0.2) is 8.42 Å². The SMILES string of the molecule is CCc1nn(CC(=O)NCCOC)c(CC)c1S(=O)(=O)Cl. The molecule has 1 heterocycles. The summed E-state index contributed by atoms with van der Waals surface area (Å²) in [6.45, 7) is 4.33. The van der Waals surface area contributed by atoms with Crippen molar-refractivity contribution in [3.63, 3.8) is 0 Å². The molecule has 0 spiro atoms. The van der Waals surface area contributed by atoms with E-state index in [1.807, 2.05) is 0 Å². The lowest BCUT2D eigenvalue weighted by Gasteiger charge is -2.07. The zero-order valence-electron chi connectivity index (χ0n) is 12.3. The monoisotopic (exact) mass is 337 g/mol. The molecule has 1 aromatic heterocycles. The zero-order chi connectivity index (χ0) is 16.0. The first-order valence-electron chi connectivity index (χ1n) is 6.63. The topological polar surface area (TPSA) is 90.3 Å². The van der Waals surface area contributed by atoms with Crippen molar-refractivity contribution in [2.75, 3.05) is 20.3 Å². The zero-order valence-corrected chi connectivity index (χ0v) is 13.9. The van der Waals surface area contributed by atoms with Gasteiger partial charge in [-0.2, -0.15) is 5.10 Å². The Hall–Kier alpha value is -1.12. The van der Waals surface area contributed by atoms with E-state index in [0.717, 1.165) is 0 Å². The molecule has 0 radical (unpaired) electrons. The first kappa shape index (κ1) is 17.9. The summed E-state index contributed by atoms with van der Waals surface area (Å²) in [5.74, 6) is -0.259. The number of aryl methyl sites for hydroxylation is 1. The summed E-state index contributed by atoms with van der Waals surface area (Å²) in [7, 11) is 3.14. The van der Waals surface area contributed by atoms with Gasteiger partial charge in [-0.05, 0) is 12.8 Å². The molecule has 0 aliphatic heterocycles. The minimum absolute atomic E-state index is 0.0267. The van der Waals surface area contributed by atoms with Gasteiger partial charge in [0, 0.05) is 24.3 Å². The van der Waals surface area contributed by atoms with Gasteiger partial charge in [0.05, 0.1) is 18.0 Å². The van der Waals surface area contributed by atoms with E-state index in [2.05, 4.69) is 10.4 Å². The van der Waals surface area contributed by atoms with E-state index in [0.29, 0.717) is 37.4 Å². The number of hydrogen-bond acceptors (Lipinski definition) is 5. The van der Waals surface area contributed by atoms with Crippen molar-refractivity contribution < 1.29 is 17.9 Å². The van der Waals surface area contributed by atoms with Crippen LogP contribution in [0.5, 0.6) is 0 Å². The van der Waals surface area contributed by atoms with Crippen LogP contribution in [0.2, 0.25) is 0 Å². The lowest BCUT2D eigenvalue weighted by atomic mass is 10.2. The third kappa shape index (κ3) is 4.69. The minimum atomic E-state index is -3.89. The van der Waals surface area contributed by atoms with Gasteiger partial charge in [0.2, 0.25) is 5.91 Å². The highest BCUT2D eigenvalue weighted by Crippen LogP contribution is 2.25. The maximum Gasteiger partial charge on any atom is 0.264 e. The number of rotatable bonds is 8. The van der Waals surface area contributed by atoms with Gasteiger partial charge < -0.3 is 10.1 Å². The van der Waals surface area contributed by atoms with E-state index in [9.17, 15) is 13.2 Å². The minimum Gasteiger partial charge on any atom is -0.383 e. The van der Waals surface area contributed by atoms with Crippen LogP contribution in [0.4, 0.5) is 0 Å². The number of halogens is 1. The van der Waals surface area contributed by atoms with Crippen LogP contribution < -0.4 is 5.32 Å². The highest BCUT2D eigenvalue weighted by atomic mass is 35.7. The van der Waals surface area contributed by atoms with E-state index in [1.165, 1.54) is 4.68 Å². The summed E-state index contributed by atoms with van der Waals surface area (Å²) < 4.78 is 29.6. The number of nitrogens with one attached hydrogen (secondary N) is 1. The molecule has 0 atom stereocenters. The highest BCUT2D eigenvalue weighted by molar-refractivity contribution is 8.13. The van der Waals surface area contributed by atoms with Crippen molar-refractivity contribution in [2.24, 2.45) is 0 Å². The fourth-order valence-electron chi connectivity index (χ4n) is 2.01. The average molecular weight is 338 g/mol. The number of carbonyl (C=O) groups is 1. The maximum absolute atomic E-state index is 11.8. The van der Waals surface area contributed by atoms with Crippen molar-refractivity contribution in [3.8, 4) is 0 Å². The second-order valence-corrected chi connectivity index (χ2v) is 6.87.